The summed E-state index contributed by atoms with van der Waals surface area (Å²) in [6.45, 7) is 0. The lowest BCUT2D eigenvalue weighted by molar-refractivity contribution is -0.118. The predicted octanol–water partition coefficient (Wildman–Crippen LogP) is 4.12. The highest BCUT2D eigenvalue weighted by Crippen LogP contribution is 2.40. The molecule has 4 rings (SSSR count). The molecule has 6 nitrogen and oxygen atoms in total. The summed E-state index contributed by atoms with van der Waals surface area (Å²) in [6.07, 6.45) is 3.09. The number of benzene rings is 2. The Bertz CT molecular complexity index is 954. The number of ether oxygens (including phenoxy) is 1. The Kier molecular flexibility index (Phi) is 5.62. The van der Waals surface area contributed by atoms with Gasteiger partial charge in [-0.15, -0.1) is 10.2 Å². The maximum absolute atomic E-state index is 11.1. The lowest BCUT2D eigenvalue weighted by Crippen LogP contribution is -2.13. The smallest absolute Gasteiger partial charge is 0.217 e. The van der Waals surface area contributed by atoms with Crippen LogP contribution in [0, 0.1) is 0 Å². The molecule has 1 heterocycles. The molecule has 0 atom stereocenters. The first-order valence-corrected chi connectivity index (χ1v) is 10.3. The average Bonchev–Trinajstić information content (AvgIpc) is 3.46. The van der Waals surface area contributed by atoms with Gasteiger partial charge in [0.1, 0.15) is 17.3 Å². The van der Waals surface area contributed by atoms with Gasteiger partial charge in [0.25, 0.3) is 0 Å². The van der Waals surface area contributed by atoms with Crippen LogP contribution in [0.4, 0.5) is 0 Å². The molecule has 0 bridgehead atoms. The van der Waals surface area contributed by atoms with Crippen molar-refractivity contribution in [1.29, 1.82) is 0 Å². The molecule has 0 radical (unpaired) electrons. The molecule has 28 heavy (non-hydrogen) atoms. The van der Waals surface area contributed by atoms with E-state index in [1.165, 1.54) is 0 Å². The third-order valence-corrected chi connectivity index (χ3v) is 5.53. The standard InChI is InChI=1S/C21H22N4O2S/c22-19(26)12-13-20-23-24-21(25(20)16-10-11-16)28-14-15-6-4-5-9-18(15)27-17-7-2-1-3-8-17/h1-9,16H,10-14H2,(H2,22,26). The topological polar surface area (TPSA) is 83.0 Å². The second-order valence-electron chi connectivity index (χ2n) is 6.78. The summed E-state index contributed by atoms with van der Waals surface area (Å²) in [5.41, 5.74) is 6.39. The van der Waals surface area contributed by atoms with Crippen molar-refractivity contribution in [2.45, 2.75) is 42.6 Å². The van der Waals surface area contributed by atoms with Gasteiger partial charge in [0.2, 0.25) is 5.91 Å². The van der Waals surface area contributed by atoms with Crippen molar-refractivity contribution in [2.24, 2.45) is 5.73 Å². The highest BCUT2D eigenvalue weighted by molar-refractivity contribution is 7.98. The number of nitrogens with zero attached hydrogens (tertiary/aromatic N) is 3. The number of carbonyl (C=O) groups excluding carboxylic acids is 1. The lowest BCUT2D eigenvalue weighted by Gasteiger charge is -2.12. The van der Waals surface area contributed by atoms with Crippen molar-refractivity contribution in [3.8, 4) is 11.5 Å². The SMILES string of the molecule is NC(=O)CCc1nnc(SCc2ccccc2Oc2ccccc2)n1C1CC1. The number of carbonyl (C=O) groups is 1. The molecule has 0 aliphatic heterocycles. The van der Waals surface area contributed by atoms with Crippen LogP contribution in [-0.4, -0.2) is 20.7 Å². The van der Waals surface area contributed by atoms with Gasteiger partial charge in [-0.25, -0.2) is 0 Å². The van der Waals surface area contributed by atoms with Crippen molar-refractivity contribution in [1.82, 2.24) is 14.8 Å². The molecular formula is C21H22N4O2S. The average molecular weight is 395 g/mol. The highest BCUT2D eigenvalue weighted by Gasteiger charge is 2.29. The van der Waals surface area contributed by atoms with E-state index in [9.17, 15) is 4.79 Å². The molecule has 3 aromatic rings. The summed E-state index contributed by atoms with van der Waals surface area (Å²) in [7, 11) is 0. The zero-order valence-electron chi connectivity index (χ0n) is 15.5. The molecule has 2 aromatic carbocycles. The number of rotatable bonds is 9. The van der Waals surface area contributed by atoms with Gasteiger partial charge < -0.3 is 15.0 Å². The second-order valence-corrected chi connectivity index (χ2v) is 7.72. The fourth-order valence-corrected chi connectivity index (χ4v) is 4.01. The van der Waals surface area contributed by atoms with Crippen molar-refractivity contribution in [2.75, 3.05) is 0 Å². The number of hydrogen-bond acceptors (Lipinski definition) is 5. The number of nitrogens with two attached hydrogens (primary N) is 1. The van der Waals surface area contributed by atoms with Crippen molar-refractivity contribution in [3.63, 3.8) is 0 Å². The Morgan fingerprint density at radius 2 is 1.86 bits per heavy atom. The van der Waals surface area contributed by atoms with Crippen molar-refractivity contribution in [3.05, 3.63) is 66.0 Å². The summed E-state index contributed by atoms with van der Waals surface area (Å²) < 4.78 is 8.23. The second kappa shape index (κ2) is 8.48. The van der Waals surface area contributed by atoms with Crippen LogP contribution in [0.5, 0.6) is 11.5 Å². The Labute approximate surface area is 168 Å². The molecule has 1 saturated carbocycles. The van der Waals surface area contributed by atoms with Crippen LogP contribution in [0.3, 0.4) is 0 Å². The summed E-state index contributed by atoms with van der Waals surface area (Å²) in [5, 5.41) is 9.56. The van der Waals surface area contributed by atoms with E-state index in [2.05, 4.69) is 20.8 Å². The zero-order valence-corrected chi connectivity index (χ0v) is 16.3. The first-order chi connectivity index (χ1) is 13.7. The van der Waals surface area contributed by atoms with E-state index < -0.39 is 0 Å². The van der Waals surface area contributed by atoms with Gasteiger partial charge in [-0.05, 0) is 31.0 Å². The van der Waals surface area contributed by atoms with E-state index in [0.29, 0.717) is 18.9 Å². The van der Waals surface area contributed by atoms with E-state index in [1.54, 1.807) is 11.8 Å². The molecule has 1 aliphatic rings. The van der Waals surface area contributed by atoms with E-state index in [-0.39, 0.29) is 5.91 Å². The van der Waals surface area contributed by atoms with E-state index in [4.69, 9.17) is 10.5 Å². The molecule has 1 fully saturated rings. The van der Waals surface area contributed by atoms with E-state index in [0.717, 1.165) is 46.6 Å². The minimum absolute atomic E-state index is 0.295. The summed E-state index contributed by atoms with van der Waals surface area (Å²) in [4.78, 5) is 11.1. The van der Waals surface area contributed by atoms with Gasteiger partial charge in [0.05, 0.1) is 0 Å². The Hall–Kier alpha value is -2.80. The summed E-state index contributed by atoms with van der Waals surface area (Å²) in [5.74, 6) is 2.91. The van der Waals surface area contributed by atoms with Gasteiger partial charge in [-0.3, -0.25) is 4.79 Å². The number of aryl methyl sites for hydroxylation is 1. The zero-order chi connectivity index (χ0) is 19.3. The minimum atomic E-state index is -0.313. The first-order valence-electron chi connectivity index (χ1n) is 9.36. The number of aromatic nitrogens is 3. The van der Waals surface area contributed by atoms with Gasteiger partial charge in [0, 0.05) is 30.2 Å². The summed E-state index contributed by atoms with van der Waals surface area (Å²) in [6, 6.07) is 18.2. The molecule has 7 heteroatoms. The Morgan fingerprint density at radius 3 is 2.61 bits per heavy atom. The fourth-order valence-electron chi connectivity index (χ4n) is 2.99. The number of primary amides is 1. The Balaban J connectivity index is 1.48. The van der Waals surface area contributed by atoms with Crippen LogP contribution in [0.15, 0.2) is 59.8 Å². The monoisotopic (exact) mass is 394 g/mol. The molecule has 0 unspecified atom stereocenters. The number of para-hydroxylation sites is 2. The van der Waals surface area contributed by atoms with Gasteiger partial charge in [0.15, 0.2) is 5.16 Å². The van der Waals surface area contributed by atoms with Crippen molar-refractivity contribution >= 4 is 17.7 Å². The molecule has 144 valence electrons. The lowest BCUT2D eigenvalue weighted by atomic mass is 10.2. The van der Waals surface area contributed by atoms with Crippen LogP contribution in [0.25, 0.3) is 0 Å². The van der Waals surface area contributed by atoms with Gasteiger partial charge >= 0.3 is 0 Å². The van der Waals surface area contributed by atoms with Crippen LogP contribution in [-0.2, 0) is 17.0 Å². The maximum atomic E-state index is 11.1. The quantitative estimate of drug-likeness (QED) is 0.552. The molecule has 1 amide bonds. The predicted molar refractivity (Wildman–Crippen MR) is 108 cm³/mol. The third kappa shape index (κ3) is 4.54. The number of hydrogen-bond donors (Lipinski definition) is 1. The normalized spacial score (nSPS) is 13.4. The van der Waals surface area contributed by atoms with E-state index in [1.807, 2.05) is 48.5 Å². The van der Waals surface area contributed by atoms with Gasteiger partial charge in [-0.2, -0.15) is 0 Å². The van der Waals surface area contributed by atoms with Crippen LogP contribution in [0.2, 0.25) is 0 Å². The molecule has 2 N–H and O–H groups in total. The number of thioether (sulfide) groups is 1. The molecule has 1 aliphatic carbocycles. The fraction of sp³-hybridized carbons (Fsp3) is 0.286. The van der Waals surface area contributed by atoms with Crippen LogP contribution < -0.4 is 10.5 Å². The molecule has 0 spiro atoms. The molecule has 1 aromatic heterocycles. The van der Waals surface area contributed by atoms with Crippen LogP contribution in [0.1, 0.15) is 36.7 Å². The largest absolute Gasteiger partial charge is 0.457 e. The highest BCUT2D eigenvalue weighted by atomic mass is 32.2. The van der Waals surface area contributed by atoms with Crippen LogP contribution >= 0.6 is 11.8 Å². The van der Waals surface area contributed by atoms with Crippen molar-refractivity contribution < 1.29 is 9.53 Å². The van der Waals surface area contributed by atoms with Gasteiger partial charge in [-0.1, -0.05) is 48.2 Å². The minimum Gasteiger partial charge on any atom is -0.457 e. The maximum Gasteiger partial charge on any atom is 0.217 e. The molecular weight excluding hydrogens is 372 g/mol. The Morgan fingerprint density at radius 1 is 1.11 bits per heavy atom. The first kappa shape index (κ1) is 18.6. The summed E-state index contributed by atoms with van der Waals surface area (Å²) >= 11 is 1.64. The molecule has 0 saturated heterocycles. The third-order valence-electron chi connectivity index (χ3n) is 4.54. The number of amides is 1. The van der Waals surface area contributed by atoms with E-state index >= 15 is 0 Å².